The predicted molar refractivity (Wildman–Crippen MR) is 188 cm³/mol. The van der Waals surface area contributed by atoms with Crippen LogP contribution in [-0.4, -0.2) is 14.2 Å². The van der Waals surface area contributed by atoms with Gasteiger partial charge in [-0.3, -0.25) is 0 Å². The molecule has 43 heavy (non-hydrogen) atoms. The first kappa shape index (κ1) is 36.7. The Labute approximate surface area is 260 Å². The van der Waals surface area contributed by atoms with Crippen molar-refractivity contribution in [2.75, 3.05) is 37.2 Å². The number of methoxy groups -OCH3 is 2. The van der Waals surface area contributed by atoms with Gasteiger partial charge in [0.05, 0.1) is 19.9 Å². The Morgan fingerprint density at radius 2 is 1.28 bits per heavy atom. The molecule has 0 fully saturated rings. The third kappa shape index (κ3) is 14.9. The molecule has 4 aromatic carbocycles. The molecule has 0 aromatic heterocycles. The highest BCUT2D eigenvalue weighted by Crippen LogP contribution is 2.25. The number of hydrogen-bond acceptors (Lipinski definition) is 6. The first-order valence-corrected chi connectivity index (χ1v) is 15.2. The molecule has 0 heterocycles. The number of hydrogen-bond donors (Lipinski definition) is 4. The molecule has 8 N–H and O–H groups in total. The molecular weight excluding hydrogens is 532 g/mol. The normalized spacial score (nSPS) is 9.72. The minimum atomic E-state index is 0.590. The standard InChI is InChI=1S/C14H23N.C8H11NO2.C8H11N.C7H9N/c1-3-5-7-12-9-10-13(8-6-4-2)14(15)11-12;1-10-6-3-4-8(11-2)7(9)5-6;1-2-7-5-3-4-6-8(7)9;1-6-3-2-4-7(8)5-6/h9-11H,3-8,15H2,1-2H3;3-5H,9H2,1-2H3;3-6H,2,9H2,1H3;2-5H,8H2,1H3. The number of aryl methyl sites for hydroxylation is 4. The van der Waals surface area contributed by atoms with E-state index in [0.29, 0.717) is 11.4 Å². The number of nitrogen functional groups attached to an aromatic ring is 4. The summed E-state index contributed by atoms with van der Waals surface area (Å²) in [6, 6.07) is 27.6. The van der Waals surface area contributed by atoms with Crippen molar-refractivity contribution in [3.8, 4) is 11.5 Å². The van der Waals surface area contributed by atoms with Gasteiger partial charge in [0.1, 0.15) is 11.5 Å². The number of unbranched alkanes of at least 4 members (excludes halogenated alkanes) is 2. The van der Waals surface area contributed by atoms with Crippen LogP contribution in [0.2, 0.25) is 0 Å². The molecular formula is C37H54N4O2. The fourth-order valence-corrected chi connectivity index (χ4v) is 4.14. The summed E-state index contributed by atoms with van der Waals surface area (Å²) in [6.45, 7) is 8.56. The van der Waals surface area contributed by atoms with E-state index in [1.165, 1.54) is 47.9 Å². The first-order valence-electron chi connectivity index (χ1n) is 15.2. The average Bonchev–Trinajstić information content (AvgIpc) is 3.00. The SMILES string of the molecule is CCCCc1ccc(CCCC)c(N)c1.CCc1ccccc1N.COc1ccc(OC)c(N)c1.Cc1cccc(N)c1. The van der Waals surface area contributed by atoms with E-state index in [-0.39, 0.29) is 0 Å². The van der Waals surface area contributed by atoms with Gasteiger partial charge in [0, 0.05) is 23.1 Å². The Morgan fingerprint density at radius 1 is 0.581 bits per heavy atom. The van der Waals surface area contributed by atoms with Crippen molar-refractivity contribution < 1.29 is 9.47 Å². The predicted octanol–water partition coefficient (Wildman–Crippen LogP) is 8.65. The monoisotopic (exact) mass is 586 g/mol. The van der Waals surface area contributed by atoms with Gasteiger partial charge >= 0.3 is 0 Å². The van der Waals surface area contributed by atoms with Crippen molar-refractivity contribution in [1.29, 1.82) is 0 Å². The quantitative estimate of drug-likeness (QED) is 0.146. The average molecular weight is 587 g/mol. The summed E-state index contributed by atoms with van der Waals surface area (Å²) >= 11 is 0. The molecule has 6 heteroatoms. The summed E-state index contributed by atoms with van der Waals surface area (Å²) in [5.74, 6) is 1.41. The Balaban J connectivity index is 0.000000295. The fourth-order valence-electron chi connectivity index (χ4n) is 4.14. The summed E-state index contributed by atoms with van der Waals surface area (Å²) < 4.78 is 9.92. The van der Waals surface area contributed by atoms with Gasteiger partial charge in [0.25, 0.3) is 0 Å². The molecule has 0 aliphatic carbocycles. The van der Waals surface area contributed by atoms with Crippen molar-refractivity contribution in [1.82, 2.24) is 0 Å². The van der Waals surface area contributed by atoms with E-state index < -0.39 is 0 Å². The second kappa shape index (κ2) is 21.4. The van der Waals surface area contributed by atoms with E-state index in [2.05, 4.69) is 45.0 Å². The lowest BCUT2D eigenvalue weighted by atomic mass is 10.0. The van der Waals surface area contributed by atoms with Crippen LogP contribution in [0.15, 0.2) is 84.9 Å². The number of anilines is 4. The van der Waals surface area contributed by atoms with Crippen LogP contribution >= 0.6 is 0 Å². The number of nitrogens with two attached hydrogens (primary N) is 4. The zero-order chi connectivity index (χ0) is 32.0. The molecule has 0 spiro atoms. The number of ether oxygens (including phenoxy) is 2. The lowest BCUT2D eigenvalue weighted by Gasteiger charge is -2.07. The zero-order valence-corrected chi connectivity index (χ0v) is 27.2. The second-order valence-electron chi connectivity index (χ2n) is 10.3. The van der Waals surface area contributed by atoms with Crippen LogP contribution in [0.3, 0.4) is 0 Å². The fraction of sp³-hybridized carbons (Fsp3) is 0.351. The summed E-state index contributed by atoms with van der Waals surface area (Å²) in [5.41, 5.74) is 31.2. The Morgan fingerprint density at radius 3 is 1.77 bits per heavy atom. The smallest absolute Gasteiger partial charge is 0.142 e. The third-order valence-electron chi connectivity index (χ3n) is 6.74. The number of para-hydroxylation sites is 1. The van der Waals surface area contributed by atoms with Crippen LogP contribution < -0.4 is 32.4 Å². The molecule has 6 nitrogen and oxygen atoms in total. The van der Waals surface area contributed by atoms with Crippen molar-refractivity contribution >= 4 is 22.7 Å². The molecule has 0 aliphatic rings. The van der Waals surface area contributed by atoms with E-state index in [1.807, 2.05) is 49.4 Å². The van der Waals surface area contributed by atoms with Gasteiger partial charge in [-0.05, 0) is 97.7 Å². The Kier molecular flexibility index (Phi) is 18.3. The van der Waals surface area contributed by atoms with Gasteiger partial charge in [-0.1, -0.05) is 76.1 Å². The van der Waals surface area contributed by atoms with Crippen LogP contribution in [0.1, 0.15) is 68.7 Å². The maximum atomic E-state index is 6.03. The highest BCUT2D eigenvalue weighted by Gasteiger charge is 2.01. The van der Waals surface area contributed by atoms with Crippen LogP contribution in [0.5, 0.6) is 11.5 Å². The minimum absolute atomic E-state index is 0.590. The molecule has 0 bridgehead atoms. The second-order valence-corrected chi connectivity index (χ2v) is 10.3. The molecule has 0 amide bonds. The van der Waals surface area contributed by atoms with E-state index >= 15 is 0 Å². The summed E-state index contributed by atoms with van der Waals surface area (Å²) in [6.07, 6.45) is 8.28. The van der Waals surface area contributed by atoms with Gasteiger partial charge in [0.15, 0.2) is 0 Å². The molecule has 4 aromatic rings. The maximum Gasteiger partial charge on any atom is 0.142 e. The van der Waals surface area contributed by atoms with Crippen LogP contribution in [0.25, 0.3) is 0 Å². The van der Waals surface area contributed by atoms with Crippen molar-refractivity contribution in [2.24, 2.45) is 0 Å². The lowest BCUT2D eigenvalue weighted by molar-refractivity contribution is 0.405. The highest BCUT2D eigenvalue weighted by atomic mass is 16.5. The van der Waals surface area contributed by atoms with Crippen molar-refractivity contribution in [3.05, 3.63) is 107 Å². The zero-order valence-electron chi connectivity index (χ0n) is 27.2. The van der Waals surface area contributed by atoms with Crippen LogP contribution in [-0.2, 0) is 19.3 Å². The van der Waals surface area contributed by atoms with E-state index in [9.17, 15) is 0 Å². The summed E-state index contributed by atoms with van der Waals surface area (Å²) in [4.78, 5) is 0. The molecule has 0 aliphatic heterocycles. The van der Waals surface area contributed by atoms with E-state index in [1.54, 1.807) is 32.4 Å². The van der Waals surface area contributed by atoms with Gasteiger partial charge < -0.3 is 32.4 Å². The van der Waals surface area contributed by atoms with E-state index in [4.69, 9.17) is 32.4 Å². The molecule has 4 rings (SSSR count). The van der Waals surface area contributed by atoms with Crippen LogP contribution in [0, 0.1) is 6.92 Å². The highest BCUT2D eigenvalue weighted by molar-refractivity contribution is 5.56. The molecule has 234 valence electrons. The maximum absolute atomic E-state index is 6.03. The Hall–Kier alpha value is -4.32. The molecule has 0 atom stereocenters. The van der Waals surface area contributed by atoms with Crippen LogP contribution in [0.4, 0.5) is 22.7 Å². The largest absolute Gasteiger partial charge is 0.497 e. The summed E-state index contributed by atoms with van der Waals surface area (Å²) in [7, 11) is 3.18. The van der Waals surface area contributed by atoms with E-state index in [0.717, 1.165) is 42.1 Å². The minimum Gasteiger partial charge on any atom is -0.497 e. The number of rotatable bonds is 9. The Bertz CT molecular complexity index is 1310. The van der Waals surface area contributed by atoms with Gasteiger partial charge in [-0.15, -0.1) is 0 Å². The topological polar surface area (TPSA) is 123 Å². The van der Waals surface area contributed by atoms with Gasteiger partial charge in [0.2, 0.25) is 0 Å². The lowest BCUT2D eigenvalue weighted by Crippen LogP contribution is -1.96. The number of benzene rings is 4. The van der Waals surface area contributed by atoms with Crippen molar-refractivity contribution in [2.45, 2.75) is 72.6 Å². The molecule has 0 saturated carbocycles. The summed E-state index contributed by atoms with van der Waals surface area (Å²) in [5, 5.41) is 0. The molecule has 0 radical (unpaired) electrons. The van der Waals surface area contributed by atoms with Crippen molar-refractivity contribution in [3.63, 3.8) is 0 Å². The first-order chi connectivity index (χ1) is 20.7. The van der Waals surface area contributed by atoms with Gasteiger partial charge in [-0.2, -0.15) is 0 Å². The molecule has 0 saturated heterocycles. The van der Waals surface area contributed by atoms with Gasteiger partial charge in [-0.25, -0.2) is 0 Å². The molecule has 0 unspecified atom stereocenters. The third-order valence-corrected chi connectivity index (χ3v) is 6.74.